The van der Waals surface area contributed by atoms with Crippen LogP contribution in [0.2, 0.25) is 0 Å². The molecule has 2 aliphatic heterocycles. The first-order chi connectivity index (χ1) is 9.56. The fourth-order valence-electron chi connectivity index (χ4n) is 3.54. The number of nitro groups is 1. The number of anilines is 1. The molecule has 3 rings (SSSR count). The van der Waals surface area contributed by atoms with Crippen molar-refractivity contribution >= 4 is 11.5 Å². The first kappa shape index (κ1) is 13.3. The number of nitrogens with zero attached hydrogens (tertiary/aromatic N) is 3. The number of aromatic nitrogens is 1. The third-order valence-electron chi connectivity index (χ3n) is 4.62. The van der Waals surface area contributed by atoms with Crippen molar-refractivity contribution < 1.29 is 4.92 Å². The summed E-state index contributed by atoms with van der Waals surface area (Å²) in [6.07, 6.45) is 6.18. The van der Waals surface area contributed by atoms with E-state index in [4.69, 9.17) is 0 Å². The number of piperidine rings is 1. The Balaban J connectivity index is 1.89. The van der Waals surface area contributed by atoms with Gasteiger partial charge in [-0.05, 0) is 38.7 Å². The van der Waals surface area contributed by atoms with Crippen LogP contribution in [0, 0.1) is 17.0 Å². The maximum atomic E-state index is 11.3. The number of hydrogen-bond acceptors (Lipinski definition) is 5. The van der Waals surface area contributed by atoms with Crippen molar-refractivity contribution in [2.24, 2.45) is 0 Å². The largest absolute Gasteiger partial charge is 0.351 e. The fraction of sp³-hybridized carbons (Fsp3) is 0.643. The van der Waals surface area contributed by atoms with Crippen LogP contribution in [0.15, 0.2) is 12.3 Å². The van der Waals surface area contributed by atoms with Crippen LogP contribution in [0.1, 0.15) is 31.2 Å². The second-order valence-corrected chi connectivity index (χ2v) is 5.93. The first-order valence-corrected chi connectivity index (χ1v) is 7.15. The van der Waals surface area contributed by atoms with Crippen molar-refractivity contribution in [3.05, 3.63) is 27.9 Å². The lowest BCUT2D eigenvalue weighted by Crippen LogP contribution is -2.47. The van der Waals surface area contributed by atoms with Crippen LogP contribution in [-0.2, 0) is 0 Å². The third kappa shape index (κ3) is 2.24. The summed E-state index contributed by atoms with van der Waals surface area (Å²) >= 11 is 0. The zero-order chi connectivity index (χ0) is 14.3. The Morgan fingerprint density at radius 2 is 2.05 bits per heavy atom. The van der Waals surface area contributed by atoms with Gasteiger partial charge in [0.2, 0.25) is 5.82 Å². The first-order valence-electron chi connectivity index (χ1n) is 7.15. The van der Waals surface area contributed by atoms with Gasteiger partial charge < -0.3 is 10.2 Å². The van der Waals surface area contributed by atoms with Gasteiger partial charge in [0, 0.05) is 36.9 Å². The van der Waals surface area contributed by atoms with Crippen LogP contribution in [0.3, 0.4) is 0 Å². The van der Waals surface area contributed by atoms with Gasteiger partial charge >= 0.3 is 5.69 Å². The van der Waals surface area contributed by atoms with E-state index < -0.39 is 0 Å². The van der Waals surface area contributed by atoms with E-state index in [0.29, 0.717) is 29.5 Å². The molecule has 2 saturated heterocycles. The highest BCUT2D eigenvalue weighted by molar-refractivity contribution is 5.61. The van der Waals surface area contributed by atoms with Gasteiger partial charge in [-0.25, -0.2) is 4.98 Å². The highest BCUT2D eigenvalue weighted by Gasteiger charge is 2.37. The second kappa shape index (κ2) is 5.01. The molecule has 2 fully saturated rings. The normalized spacial score (nSPS) is 28.4. The predicted octanol–water partition coefficient (Wildman–Crippen LogP) is 2.02. The molecule has 0 aliphatic carbocycles. The second-order valence-electron chi connectivity index (χ2n) is 5.93. The van der Waals surface area contributed by atoms with Crippen molar-refractivity contribution in [3.63, 3.8) is 0 Å². The molecule has 2 aliphatic rings. The monoisotopic (exact) mass is 276 g/mol. The van der Waals surface area contributed by atoms with E-state index in [1.54, 1.807) is 19.2 Å². The summed E-state index contributed by atoms with van der Waals surface area (Å²) in [7, 11) is 1.93. The molecular formula is C14H20N4O2. The molecule has 3 heterocycles. The molecule has 1 N–H and O–H groups in total. The van der Waals surface area contributed by atoms with E-state index in [9.17, 15) is 10.1 Å². The van der Waals surface area contributed by atoms with Crippen LogP contribution in [0.4, 0.5) is 11.5 Å². The fourth-order valence-corrected chi connectivity index (χ4v) is 3.54. The molecular weight excluding hydrogens is 256 g/mol. The van der Waals surface area contributed by atoms with E-state index in [2.05, 4.69) is 10.3 Å². The molecule has 1 aromatic heterocycles. The topological polar surface area (TPSA) is 71.3 Å². The molecule has 0 aromatic carbocycles. The lowest BCUT2D eigenvalue weighted by Gasteiger charge is -2.36. The van der Waals surface area contributed by atoms with Crippen LogP contribution in [0.5, 0.6) is 0 Å². The number of rotatable bonds is 3. The zero-order valence-corrected chi connectivity index (χ0v) is 11.9. The van der Waals surface area contributed by atoms with E-state index >= 15 is 0 Å². The molecule has 0 radical (unpaired) electrons. The Kier molecular flexibility index (Phi) is 3.33. The molecule has 6 heteroatoms. The average Bonchev–Trinajstić information content (AvgIpc) is 2.75. The molecule has 6 nitrogen and oxygen atoms in total. The van der Waals surface area contributed by atoms with Crippen molar-refractivity contribution in [1.82, 2.24) is 10.3 Å². The molecule has 0 amide bonds. The van der Waals surface area contributed by atoms with E-state index in [1.807, 2.05) is 11.9 Å². The molecule has 2 atom stereocenters. The molecule has 0 saturated carbocycles. The van der Waals surface area contributed by atoms with Gasteiger partial charge in [0.25, 0.3) is 0 Å². The van der Waals surface area contributed by atoms with Gasteiger partial charge in [-0.3, -0.25) is 10.1 Å². The van der Waals surface area contributed by atoms with Crippen molar-refractivity contribution in [3.8, 4) is 0 Å². The van der Waals surface area contributed by atoms with E-state index in [1.165, 1.54) is 12.8 Å². The number of pyridine rings is 1. The highest BCUT2D eigenvalue weighted by Crippen LogP contribution is 2.35. The predicted molar refractivity (Wildman–Crippen MR) is 77.0 cm³/mol. The minimum Gasteiger partial charge on any atom is -0.351 e. The maximum absolute atomic E-state index is 11.3. The van der Waals surface area contributed by atoms with Gasteiger partial charge in [0.05, 0.1) is 4.92 Å². The van der Waals surface area contributed by atoms with Gasteiger partial charge in [0.15, 0.2) is 0 Å². The summed E-state index contributed by atoms with van der Waals surface area (Å²) < 4.78 is 0. The van der Waals surface area contributed by atoms with Crippen molar-refractivity contribution in [2.75, 3.05) is 11.9 Å². The van der Waals surface area contributed by atoms with E-state index in [0.717, 1.165) is 12.8 Å². The van der Waals surface area contributed by atoms with Gasteiger partial charge in [-0.1, -0.05) is 0 Å². The summed E-state index contributed by atoms with van der Waals surface area (Å²) in [5, 5.41) is 14.9. The lowest BCUT2D eigenvalue weighted by atomic mass is 9.98. The number of nitrogens with one attached hydrogen (secondary N) is 1. The minimum absolute atomic E-state index is 0.140. The van der Waals surface area contributed by atoms with Crippen LogP contribution in [-0.4, -0.2) is 35.1 Å². The molecule has 20 heavy (non-hydrogen) atoms. The smallest absolute Gasteiger partial charge is 0.314 e. The SMILES string of the molecule is Cc1ccnc(N(C)C2CC3CCC(C2)N3)c1[N+](=O)[O-]. The summed E-state index contributed by atoms with van der Waals surface area (Å²) in [6, 6.07) is 3.15. The Hall–Kier alpha value is -1.69. The highest BCUT2D eigenvalue weighted by atomic mass is 16.6. The van der Waals surface area contributed by atoms with Gasteiger partial charge in [-0.2, -0.15) is 0 Å². The number of fused-ring (bicyclic) bond motifs is 2. The Bertz CT molecular complexity index is 522. The molecule has 1 aromatic rings. The summed E-state index contributed by atoms with van der Waals surface area (Å²) in [4.78, 5) is 17.3. The maximum Gasteiger partial charge on any atom is 0.314 e. The molecule has 108 valence electrons. The number of hydrogen-bond donors (Lipinski definition) is 1. The third-order valence-corrected chi connectivity index (χ3v) is 4.62. The van der Waals surface area contributed by atoms with Crippen molar-refractivity contribution in [2.45, 2.75) is 50.7 Å². The van der Waals surface area contributed by atoms with E-state index in [-0.39, 0.29) is 10.6 Å². The Morgan fingerprint density at radius 3 is 2.65 bits per heavy atom. The summed E-state index contributed by atoms with van der Waals surface area (Å²) in [5.74, 6) is 0.501. The Labute approximate surface area is 118 Å². The minimum atomic E-state index is -0.316. The zero-order valence-electron chi connectivity index (χ0n) is 11.9. The summed E-state index contributed by atoms with van der Waals surface area (Å²) in [6.45, 7) is 1.77. The summed E-state index contributed by atoms with van der Waals surface area (Å²) in [5.41, 5.74) is 0.810. The Morgan fingerprint density at radius 1 is 1.40 bits per heavy atom. The van der Waals surface area contributed by atoms with Crippen LogP contribution in [0.25, 0.3) is 0 Å². The molecule has 2 bridgehead atoms. The molecule has 2 unspecified atom stereocenters. The standard InChI is InChI=1S/C14H20N4O2/c1-9-5-6-15-14(13(9)18(19)20)17(2)12-7-10-3-4-11(8-12)16-10/h5-6,10-12,16H,3-4,7-8H2,1-2H3. The quantitative estimate of drug-likeness (QED) is 0.675. The average molecular weight is 276 g/mol. The number of aryl methyl sites for hydroxylation is 1. The lowest BCUT2D eigenvalue weighted by molar-refractivity contribution is -0.384. The van der Waals surface area contributed by atoms with Crippen molar-refractivity contribution in [1.29, 1.82) is 0 Å². The molecule has 0 spiro atoms. The van der Waals surface area contributed by atoms with Gasteiger partial charge in [0.1, 0.15) is 0 Å². The van der Waals surface area contributed by atoms with Crippen LogP contribution >= 0.6 is 0 Å². The van der Waals surface area contributed by atoms with Crippen LogP contribution < -0.4 is 10.2 Å². The van der Waals surface area contributed by atoms with Gasteiger partial charge in [-0.15, -0.1) is 0 Å².